The number of aromatic hydroxyl groups is 1. The van der Waals surface area contributed by atoms with Gasteiger partial charge in [0.2, 0.25) is 0 Å². The van der Waals surface area contributed by atoms with E-state index < -0.39 is 0 Å². The van der Waals surface area contributed by atoms with Crippen molar-refractivity contribution in [3.8, 4) is 16.9 Å². The third kappa shape index (κ3) is 2.76. The first kappa shape index (κ1) is 13.1. The summed E-state index contributed by atoms with van der Waals surface area (Å²) in [4.78, 5) is 11.8. The second-order valence-corrected chi connectivity index (χ2v) is 4.27. The molecule has 2 rings (SSSR count). The van der Waals surface area contributed by atoms with Crippen molar-refractivity contribution < 1.29 is 14.6 Å². The van der Waals surface area contributed by atoms with Crippen molar-refractivity contribution in [1.82, 2.24) is 0 Å². The number of aryl methyl sites for hydroxylation is 1. The van der Waals surface area contributed by atoms with Gasteiger partial charge in [0, 0.05) is 0 Å². The standard InChI is InChI=1S/C16H16O3/c1-3-11-4-9-14(16(18)19-2)15(10-11)12-5-7-13(17)8-6-12/h4-10,17H,3H2,1-2H3. The lowest BCUT2D eigenvalue weighted by Gasteiger charge is -2.10. The summed E-state index contributed by atoms with van der Waals surface area (Å²) in [5.74, 6) is -0.152. The fourth-order valence-corrected chi connectivity index (χ4v) is 1.98. The molecule has 0 aromatic heterocycles. The van der Waals surface area contributed by atoms with Gasteiger partial charge < -0.3 is 9.84 Å². The minimum Gasteiger partial charge on any atom is -0.508 e. The summed E-state index contributed by atoms with van der Waals surface area (Å²) in [5, 5.41) is 9.34. The largest absolute Gasteiger partial charge is 0.508 e. The van der Waals surface area contributed by atoms with Crippen molar-refractivity contribution in [3.05, 3.63) is 53.6 Å². The van der Waals surface area contributed by atoms with Crippen LogP contribution in [-0.4, -0.2) is 18.2 Å². The number of hydrogen-bond acceptors (Lipinski definition) is 3. The molecule has 3 heteroatoms. The second kappa shape index (κ2) is 5.57. The first-order valence-electron chi connectivity index (χ1n) is 6.16. The number of ether oxygens (including phenoxy) is 1. The number of carbonyl (C=O) groups excluding carboxylic acids is 1. The average Bonchev–Trinajstić information content (AvgIpc) is 2.46. The highest BCUT2D eigenvalue weighted by Crippen LogP contribution is 2.27. The topological polar surface area (TPSA) is 46.5 Å². The van der Waals surface area contributed by atoms with Crippen LogP contribution in [0.15, 0.2) is 42.5 Å². The van der Waals surface area contributed by atoms with Crippen LogP contribution in [0.2, 0.25) is 0 Å². The minimum absolute atomic E-state index is 0.204. The molecule has 0 unspecified atom stereocenters. The van der Waals surface area contributed by atoms with Gasteiger partial charge in [0.1, 0.15) is 5.75 Å². The van der Waals surface area contributed by atoms with E-state index in [1.54, 1.807) is 30.3 Å². The van der Waals surface area contributed by atoms with Crippen molar-refractivity contribution in [2.45, 2.75) is 13.3 Å². The van der Waals surface area contributed by atoms with Gasteiger partial charge in [-0.25, -0.2) is 4.79 Å². The molecular weight excluding hydrogens is 240 g/mol. The average molecular weight is 256 g/mol. The molecule has 0 saturated heterocycles. The molecule has 0 spiro atoms. The summed E-state index contributed by atoms with van der Waals surface area (Å²) >= 11 is 0. The summed E-state index contributed by atoms with van der Waals surface area (Å²) in [6, 6.07) is 12.5. The van der Waals surface area contributed by atoms with Gasteiger partial charge in [-0.3, -0.25) is 0 Å². The Morgan fingerprint density at radius 1 is 1.16 bits per heavy atom. The summed E-state index contributed by atoms with van der Waals surface area (Å²) in [6.45, 7) is 2.06. The van der Waals surface area contributed by atoms with E-state index in [9.17, 15) is 9.90 Å². The van der Waals surface area contributed by atoms with E-state index in [1.165, 1.54) is 7.11 Å². The van der Waals surface area contributed by atoms with E-state index in [-0.39, 0.29) is 11.7 Å². The number of carbonyl (C=O) groups is 1. The smallest absolute Gasteiger partial charge is 0.338 e. The van der Waals surface area contributed by atoms with E-state index in [0.717, 1.165) is 23.1 Å². The van der Waals surface area contributed by atoms with Gasteiger partial charge in [-0.1, -0.05) is 31.2 Å². The third-order valence-corrected chi connectivity index (χ3v) is 3.08. The molecule has 0 aliphatic rings. The van der Waals surface area contributed by atoms with Crippen molar-refractivity contribution in [2.24, 2.45) is 0 Å². The van der Waals surface area contributed by atoms with Crippen LogP contribution in [0, 0.1) is 0 Å². The first-order chi connectivity index (χ1) is 9.15. The monoisotopic (exact) mass is 256 g/mol. The van der Waals surface area contributed by atoms with E-state index in [2.05, 4.69) is 6.92 Å². The summed E-state index contributed by atoms with van der Waals surface area (Å²) < 4.78 is 4.81. The van der Waals surface area contributed by atoms with Crippen molar-refractivity contribution in [3.63, 3.8) is 0 Å². The molecule has 0 bridgehead atoms. The zero-order valence-corrected chi connectivity index (χ0v) is 11.0. The molecule has 0 atom stereocenters. The van der Waals surface area contributed by atoms with Crippen LogP contribution in [0.1, 0.15) is 22.8 Å². The number of phenols is 1. The van der Waals surface area contributed by atoms with Crippen molar-refractivity contribution in [1.29, 1.82) is 0 Å². The molecule has 0 radical (unpaired) electrons. The Bertz CT molecular complexity index is 585. The lowest BCUT2D eigenvalue weighted by molar-refractivity contribution is 0.0601. The fourth-order valence-electron chi connectivity index (χ4n) is 1.98. The molecule has 2 aromatic carbocycles. The molecule has 19 heavy (non-hydrogen) atoms. The molecule has 0 fully saturated rings. The Morgan fingerprint density at radius 2 is 1.84 bits per heavy atom. The van der Waals surface area contributed by atoms with Gasteiger partial charge in [0.05, 0.1) is 12.7 Å². The molecule has 0 amide bonds. The zero-order valence-electron chi connectivity index (χ0n) is 11.0. The molecule has 0 heterocycles. The molecule has 0 saturated carbocycles. The molecule has 2 aromatic rings. The maximum absolute atomic E-state index is 11.8. The van der Waals surface area contributed by atoms with Gasteiger partial charge in [0.15, 0.2) is 0 Å². The Kier molecular flexibility index (Phi) is 3.85. The van der Waals surface area contributed by atoms with Crippen molar-refractivity contribution >= 4 is 5.97 Å². The van der Waals surface area contributed by atoms with Gasteiger partial charge in [-0.2, -0.15) is 0 Å². The summed E-state index contributed by atoms with van der Waals surface area (Å²) in [5.41, 5.74) is 3.39. The minimum atomic E-state index is -0.356. The number of rotatable bonds is 3. The lowest BCUT2D eigenvalue weighted by atomic mass is 9.96. The third-order valence-electron chi connectivity index (χ3n) is 3.08. The van der Waals surface area contributed by atoms with Crippen LogP contribution >= 0.6 is 0 Å². The van der Waals surface area contributed by atoms with Crippen molar-refractivity contribution in [2.75, 3.05) is 7.11 Å². The summed E-state index contributed by atoms with van der Waals surface area (Å²) in [6.07, 6.45) is 0.895. The van der Waals surface area contributed by atoms with Crippen LogP contribution in [0.4, 0.5) is 0 Å². The first-order valence-corrected chi connectivity index (χ1v) is 6.16. The van der Waals surface area contributed by atoms with Crippen LogP contribution < -0.4 is 0 Å². The Hall–Kier alpha value is -2.29. The molecule has 0 aliphatic heterocycles. The van der Waals surface area contributed by atoms with Crippen LogP contribution in [0.25, 0.3) is 11.1 Å². The summed E-state index contributed by atoms with van der Waals surface area (Å²) in [7, 11) is 1.37. The number of benzene rings is 2. The highest BCUT2D eigenvalue weighted by molar-refractivity contribution is 5.97. The Balaban J connectivity index is 2.57. The van der Waals surface area contributed by atoms with Crippen LogP contribution in [0.3, 0.4) is 0 Å². The van der Waals surface area contributed by atoms with E-state index >= 15 is 0 Å². The quantitative estimate of drug-likeness (QED) is 0.856. The number of methoxy groups -OCH3 is 1. The second-order valence-electron chi connectivity index (χ2n) is 4.27. The maximum atomic E-state index is 11.8. The number of phenolic OH excluding ortho intramolecular Hbond substituents is 1. The highest BCUT2D eigenvalue weighted by atomic mass is 16.5. The van der Waals surface area contributed by atoms with E-state index in [4.69, 9.17) is 4.74 Å². The molecule has 0 aliphatic carbocycles. The molecule has 3 nitrogen and oxygen atoms in total. The Morgan fingerprint density at radius 3 is 2.42 bits per heavy atom. The van der Waals surface area contributed by atoms with Gasteiger partial charge in [-0.15, -0.1) is 0 Å². The predicted molar refractivity (Wildman–Crippen MR) is 74.3 cm³/mol. The van der Waals surface area contributed by atoms with E-state index in [0.29, 0.717) is 5.56 Å². The highest BCUT2D eigenvalue weighted by Gasteiger charge is 2.13. The lowest BCUT2D eigenvalue weighted by Crippen LogP contribution is -2.04. The number of esters is 1. The van der Waals surface area contributed by atoms with Gasteiger partial charge in [0.25, 0.3) is 0 Å². The number of hydrogen-bond donors (Lipinski definition) is 1. The molecule has 1 N–H and O–H groups in total. The van der Waals surface area contributed by atoms with Crippen LogP contribution in [-0.2, 0) is 11.2 Å². The van der Waals surface area contributed by atoms with Gasteiger partial charge in [-0.05, 0) is 41.3 Å². The zero-order chi connectivity index (χ0) is 13.8. The Labute approximate surface area is 112 Å². The normalized spacial score (nSPS) is 10.2. The maximum Gasteiger partial charge on any atom is 0.338 e. The molecule has 98 valence electrons. The van der Waals surface area contributed by atoms with Gasteiger partial charge >= 0.3 is 5.97 Å². The van der Waals surface area contributed by atoms with Crippen LogP contribution in [0.5, 0.6) is 5.75 Å². The SMILES string of the molecule is CCc1ccc(C(=O)OC)c(-c2ccc(O)cc2)c1. The van der Waals surface area contributed by atoms with E-state index in [1.807, 2.05) is 12.1 Å². The predicted octanol–water partition coefficient (Wildman–Crippen LogP) is 3.41. The fraction of sp³-hybridized carbons (Fsp3) is 0.188. The molecular formula is C16H16O3.